The zero-order valence-corrected chi connectivity index (χ0v) is 16.5. The van der Waals surface area contributed by atoms with Crippen LogP contribution in [0.3, 0.4) is 0 Å². The van der Waals surface area contributed by atoms with E-state index < -0.39 is 5.91 Å². The molecule has 0 unspecified atom stereocenters. The maximum absolute atomic E-state index is 13.0. The number of hydrogen-bond donors (Lipinski definition) is 1. The Bertz CT molecular complexity index is 989. The molecule has 0 aliphatic carbocycles. The Morgan fingerprint density at radius 1 is 1.03 bits per heavy atom. The number of nitrogens with zero attached hydrogens (tertiary/aromatic N) is 2. The Labute approximate surface area is 170 Å². The first kappa shape index (κ1) is 20.1. The number of aromatic nitrogens is 1. The second kappa shape index (κ2) is 9.50. The van der Waals surface area contributed by atoms with Crippen LogP contribution in [0, 0.1) is 0 Å². The molecule has 0 spiro atoms. The molecule has 6 heteroatoms. The van der Waals surface area contributed by atoms with Crippen molar-refractivity contribution in [1.82, 2.24) is 9.88 Å². The monoisotopic (exact) mass is 389 g/mol. The molecule has 0 fully saturated rings. The summed E-state index contributed by atoms with van der Waals surface area (Å²) in [5, 5.41) is 2.78. The van der Waals surface area contributed by atoms with Crippen molar-refractivity contribution in [2.75, 3.05) is 19.0 Å². The average molecular weight is 389 g/mol. The van der Waals surface area contributed by atoms with Gasteiger partial charge >= 0.3 is 0 Å². The summed E-state index contributed by atoms with van der Waals surface area (Å²) in [5.74, 6) is -0.00606. The Morgan fingerprint density at radius 3 is 2.48 bits per heavy atom. The predicted molar refractivity (Wildman–Crippen MR) is 112 cm³/mol. The lowest BCUT2D eigenvalue weighted by Gasteiger charge is -2.21. The number of carbonyl (C=O) groups is 2. The summed E-state index contributed by atoms with van der Waals surface area (Å²) >= 11 is 0. The van der Waals surface area contributed by atoms with Crippen molar-refractivity contribution in [2.45, 2.75) is 13.5 Å². The minimum absolute atomic E-state index is 0.148. The minimum Gasteiger partial charge on any atom is -0.495 e. The van der Waals surface area contributed by atoms with Crippen molar-refractivity contribution >= 4 is 17.5 Å². The fraction of sp³-hybridized carbons (Fsp3) is 0.174. The first-order chi connectivity index (χ1) is 14.1. The molecule has 0 aliphatic rings. The summed E-state index contributed by atoms with van der Waals surface area (Å²) in [5.41, 5.74) is 2.17. The molecule has 148 valence electrons. The Morgan fingerprint density at radius 2 is 1.76 bits per heavy atom. The molecule has 2 aromatic carbocycles. The number of amides is 2. The smallest absolute Gasteiger partial charge is 0.274 e. The van der Waals surface area contributed by atoms with Gasteiger partial charge < -0.3 is 15.0 Å². The topological polar surface area (TPSA) is 71.5 Å². The highest BCUT2D eigenvalue weighted by molar-refractivity contribution is 6.05. The number of carbonyl (C=O) groups excluding carboxylic acids is 2. The molecule has 1 aromatic heterocycles. The molecule has 6 nitrogen and oxygen atoms in total. The van der Waals surface area contributed by atoms with Crippen molar-refractivity contribution in [3.63, 3.8) is 0 Å². The maximum Gasteiger partial charge on any atom is 0.274 e. The van der Waals surface area contributed by atoms with Gasteiger partial charge in [-0.05, 0) is 36.8 Å². The van der Waals surface area contributed by atoms with Gasteiger partial charge in [-0.2, -0.15) is 0 Å². The van der Waals surface area contributed by atoms with Gasteiger partial charge in [0.1, 0.15) is 11.4 Å². The molecule has 1 heterocycles. The van der Waals surface area contributed by atoms with E-state index in [1.165, 1.54) is 19.4 Å². The highest BCUT2D eigenvalue weighted by Crippen LogP contribution is 2.23. The van der Waals surface area contributed by atoms with Crippen LogP contribution in [0.2, 0.25) is 0 Å². The van der Waals surface area contributed by atoms with Crippen LogP contribution in [-0.2, 0) is 6.54 Å². The van der Waals surface area contributed by atoms with E-state index in [0.717, 1.165) is 5.56 Å². The SMILES string of the molecule is CCN(Cc1ccccc1)C(=O)c1ccnc(C(=O)Nc2ccccc2OC)c1. The normalized spacial score (nSPS) is 10.3. The van der Waals surface area contributed by atoms with Crippen molar-refractivity contribution in [3.8, 4) is 5.75 Å². The quantitative estimate of drug-likeness (QED) is 0.663. The zero-order chi connectivity index (χ0) is 20.6. The molecule has 0 saturated carbocycles. The third kappa shape index (κ3) is 4.99. The lowest BCUT2D eigenvalue weighted by atomic mass is 10.1. The predicted octanol–water partition coefficient (Wildman–Crippen LogP) is 4.00. The first-order valence-electron chi connectivity index (χ1n) is 9.36. The van der Waals surface area contributed by atoms with Gasteiger partial charge in [0.2, 0.25) is 0 Å². The lowest BCUT2D eigenvalue weighted by Crippen LogP contribution is -2.30. The summed E-state index contributed by atoms with van der Waals surface area (Å²) in [6, 6.07) is 20.0. The standard InChI is InChI=1S/C23H23N3O3/c1-3-26(16-17-9-5-4-6-10-17)23(28)18-13-14-24-20(15-18)22(27)25-19-11-7-8-12-21(19)29-2/h4-15H,3,16H2,1-2H3,(H,25,27). The van der Waals surface area contributed by atoms with E-state index in [9.17, 15) is 9.59 Å². The van der Waals surface area contributed by atoms with Crippen molar-refractivity contribution in [1.29, 1.82) is 0 Å². The van der Waals surface area contributed by atoms with Crippen LogP contribution < -0.4 is 10.1 Å². The van der Waals surface area contributed by atoms with Crippen LogP contribution in [0.4, 0.5) is 5.69 Å². The highest BCUT2D eigenvalue weighted by atomic mass is 16.5. The number of ether oxygens (including phenoxy) is 1. The van der Waals surface area contributed by atoms with Crippen LogP contribution in [0.25, 0.3) is 0 Å². The molecule has 29 heavy (non-hydrogen) atoms. The van der Waals surface area contributed by atoms with Crippen LogP contribution in [0.15, 0.2) is 72.9 Å². The molecule has 0 radical (unpaired) electrons. The molecule has 1 N–H and O–H groups in total. The molecule has 3 aromatic rings. The summed E-state index contributed by atoms with van der Waals surface area (Å²) in [6.07, 6.45) is 1.47. The van der Waals surface area contributed by atoms with Gasteiger partial charge in [0, 0.05) is 24.8 Å². The van der Waals surface area contributed by atoms with Gasteiger partial charge in [-0.3, -0.25) is 14.6 Å². The first-order valence-corrected chi connectivity index (χ1v) is 9.36. The molecule has 0 saturated heterocycles. The molecule has 3 rings (SSSR count). The van der Waals surface area contributed by atoms with E-state index in [0.29, 0.717) is 30.1 Å². The number of methoxy groups -OCH3 is 1. The largest absolute Gasteiger partial charge is 0.495 e. The summed E-state index contributed by atoms with van der Waals surface area (Å²) in [4.78, 5) is 31.4. The minimum atomic E-state index is -0.407. The van der Waals surface area contributed by atoms with Crippen LogP contribution >= 0.6 is 0 Å². The Hall–Kier alpha value is -3.67. The van der Waals surface area contributed by atoms with E-state index >= 15 is 0 Å². The Kier molecular flexibility index (Phi) is 6.58. The van der Waals surface area contributed by atoms with Gasteiger partial charge in [-0.15, -0.1) is 0 Å². The summed E-state index contributed by atoms with van der Waals surface area (Å²) in [7, 11) is 1.54. The molecular weight excluding hydrogens is 366 g/mol. The van der Waals surface area contributed by atoms with Crippen LogP contribution in [0.1, 0.15) is 33.3 Å². The molecule has 0 aliphatic heterocycles. The van der Waals surface area contributed by atoms with Crippen molar-refractivity contribution < 1.29 is 14.3 Å². The zero-order valence-electron chi connectivity index (χ0n) is 16.5. The maximum atomic E-state index is 13.0. The third-order valence-corrected chi connectivity index (χ3v) is 4.48. The van der Waals surface area contributed by atoms with Gasteiger partial charge in [-0.1, -0.05) is 42.5 Å². The van der Waals surface area contributed by atoms with E-state index in [2.05, 4.69) is 10.3 Å². The molecule has 0 atom stereocenters. The number of nitrogens with one attached hydrogen (secondary N) is 1. The van der Waals surface area contributed by atoms with Gasteiger partial charge in [0.05, 0.1) is 12.8 Å². The van der Waals surface area contributed by atoms with Crippen molar-refractivity contribution in [2.24, 2.45) is 0 Å². The number of pyridine rings is 1. The van der Waals surface area contributed by atoms with Crippen LogP contribution in [-0.4, -0.2) is 35.4 Å². The Balaban J connectivity index is 1.77. The summed E-state index contributed by atoms with van der Waals surface area (Å²) in [6.45, 7) is 2.98. The fourth-order valence-electron chi connectivity index (χ4n) is 2.94. The van der Waals surface area contributed by atoms with E-state index in [-0.39, 0.29) is 11.6 Å². The number of hydrogen-bond acceptors (Lipinski definition) is 4. The van der Waals surface area contributed by atoms with Gasteiger partial charge in [0.15, 0.2) is 0 Å². The number of para-hydroxylation sites is 2. The van der Waals surface area contributed by atoms with E-state index in [4.69, 9.17) is 4.74 Å². The number of benzene rings is 2. The highest BCUT2D eigenvalue weighted by Gasteiger charge is 2.18. The van der Waals surface area contributed by atoms with E-state index in [1.807, 2.05) is 43.3 Å². The molecular formula is C23H23N3O3. The number of anilines is 1. The van der Waals surface area contributed by atoms with Crippen molar-refractivity contribution in [3.05, 3.63) is 89.7 Å². The fourth-order valence-corrected chi connectivity index (χ4v) is 2.94. The van der Waals surface area contributed by atoms with Gasteiger partial charge in [0.25, 0.3) is 11.8 Å². The average Bonchev–Trinajstić information content (AvgIpc) is 2.78. The van der Waals surface area contributed by atoms with E-state index in [1.54, 1.807) is 29.2 Å². The number of rotatable bonds is 7. The molecule has 2 amide bonds. The second-order valence-electron chi connectivity index (χ2n) is 6.39. The molecule has 0 bridgehead atoms. The lowest BCUT2D eigenvalue weighted by molar-refractivity contribution is 0.0752. The summed E-state index contributed by atoms with van der Waals surface area (Å²) < 4.78 is 5.25. The van der Waals surface area contributed by atoms with Crippen LogP contribution in [0.5, 0.6) is 5.75 Å². The third-order valence-electron chi connectivity index (χ3n) is 4.48. The van der Waals surface area contributed by atoms with Gasteiger partial charge in [-0.25, -0.2) is 0 Å². The second-order valence-corrected chi connectivity index (χ2v) is 6.39.